The monoisotopic (exact) mass is 126 g/mol. The van der Waals surface area contributed by atoms with E-state index in [1.165, 1.54) is 0 Å². The molecule has 52 valence electrons. The Kier molecular flexibility index (Phi) is 1.79. The molecule has 9 heavy (non-hydrogen) atoms. The van der Waals surface area contributed by atoms with Gasteiger partial charge in [-0.2, -0.15) is 0 Å². The maximum absolute atomic E-state index is 5.35. The van der Waals surface area contributed by atoms with Gasteiger partial charge in [0.25, 0.3) is 0 Å². The van der Waals surface area contributed by atoms with E-state index in [9.17, 15) is 0 Å². The summed E-state index contributed by atoms with van der Waals surface area (Å²) < 4.78 is 5.35. The molecule has 1 aliphatic rings. The lowest BCUT2D eigenvalue weighted by Crippen LogP contribution is -2.20. The fourth-order valence-corrected chi connectivity index (χ4v) is 1.26. The third-order valence-corrected chi connectivity index (χ3v) is 1.79. The highest BCUT2D eigenvalue weighted by Crippen LogP contribution is 2.22. The lowest BCUT2D eigenvalue weighted by Gasteiger charge is -2.18. The minimum Gasteiger partial charge on any atom is -0.497 e. The zero-order valence-electron chi connectivity index (χ0n) is 6.29. The maximum Gasteiger partial charge on any atom is 0.106 e. The molecule has 0 amide bonds. The van der Waals surface area contributed by atoms with Crippen LogP contribution in [0.5, 0.6) is 0 Å². The van der Waals surface area contributed by atoms with Gasteiger partial charge in [0, 0.05) is 5.92 Å². The Balaban J connectivity index is 2.45. The van der Waals surface area contributed by atoms with Crippen LogP contribution in [0.4, 0.5) is 0 Å². The second-order valence-corrected chi connectivity index (χ2v) is 3.03. The third-order valence-electron chi connectivity index (χ3n) is 1.79. The molecule has 0 saturated carbocycles. The second-order valence-electron chi connectivity index (χ2n) is 3.03. The number of ether oxygens (including phenoxy) is 1. The summed E-state index contributed by atoms with van der Waals surface area (Å²) >= 11 is 0. The van der Waals surface area contributed by atoms with Crippen LogP contribution in [0.3, 0.4) is 0 Å². The second kappa shape index (κ2) is 2.42. The van der Waals surface area contributed by atoms with Gasteiger partial charge >= 0.3 is 0 Å². The van der Waals surface area contributed by atoms with Crippen LogP contribution in [-0.2, 0) is 4.74 Å². The summed E-state index contributed by atoms with van der Waals surface area (Å²) in [4.78, 5) is 0. The van der Waals surface area contributed by atoms with E-state index in [0.717, 1.165) is 0 Å². The minimum absolute atomic E-state index is 0.421. The molecule has 0 N–H and O–H groups in total. The van der Waals surface area contributed by atoms with Crippen LogP contribution in [0.25, 0.3) is 0 Å². The summed E-state index contributed by atoms with van der Waals surface area (Å²) in [6.45, 7) is 6.57. The molecule has 0 spiro atoms. The third kappa shape index (κ3) is 1.26. The average molecular weight is 126 g/mol. The van der Waals surface area contributed by atoms with Gasteiger partial charge in [0.1, 0.15) is 6.10 Å². The van der Waals surface area contributed by atoms with E-state index < -0.39 is 0 Å². The van der Waals surface area contributed by atoms with Crippen LogP contribution in [0.1, 0.15) is 20.8 Å². The van der Waals surface area contributed by atoms with Crippen molar-refractivity contribution in [1.82, 2.24) is 0 Å². The molecule has 1 heterocycles. The molecule has 2 atom stereocenters. The van der Waals surface area contributed by atoms with E-state index in [-0.39, 0.29) is 0 Å². The molecule has 0 aromatic carbocycles. The molecule has 1 rings (SSSR count). The average Bonchev–Trinajstić information content (AvgIpc) is 2.13. The minimum atomic E-state index is 0.421. The highest BCUT2D eigenvalue weighted by atomic mass is 16.5. The molecule has 1 heteroatoms. The highest BCUT2D eigenvalue weighted by molar-refractivity contribution is 4.93. The van der Waals surface area contributed by atoms with E-state index in [4.69, 9.17) is 4.74 Å². The maximum atomic E-state index is 5.35. The first-order valence-electron chi connectivity index (χ1n) is 3.54. The summed E-state index contributed by atoms with van der Waals surface area (Å²) in [5.74, 6) is 1.24. The first-order chi connectivity index (χ1) is 4.22. The van der Waals surface area contributed by atoms with Gasteiger partial charge in [-0.25, -0.2) is 0 Å². The van der Waals surface area contributed by atoms with Crippen molar-refractivity contribution in [3.8, 4) is 0 Å². The molecule has 0 unspecified atom stereocenters. The molecule has 0 bridgehead atoms. The molecule has 0 aromatic rings. The van der Waals surface area contributed by atoms with Crippen LogP contribution < -0.4 is 0 Å². The predicted octanol–water partition coefficient (Wildman–Crippen LogP) is 2.19. The van der Waals surface area contributed by atoms with Crippen LogP contribution in [0.2, 0.25) is 0 Å². The van der Waals surface area contributed by atoms with Crippen LogP contribution >= 0.6 is 0 Å². The van der Waals surface area contributed by atoms with Gasteiger partial charge in [0.15, 0.2) is 0 Å². The Hall–Kier alpha value is -0.460. The van der Waals surface area contributed by atoms with Crippen molar-refractivity contribution in [3.05, 3.63) is 12.3 Å². The van der Waals surface area contributed by atoms with Crippen molar-refractivity contribution in [1.29, 1.82) is 0 Å². The lowest BCUT2D eigenvalue weighted by molar-refractivity contribution is 0.0959. The first kappa shape index (κ1) is 6.66. The van der Waals surface area contributed by atoms with Crippen molar-refractivity contribution < 1.29 is 4.74 Å². The summed E-state index contributed by atoms with van der Waals surface area (Å²) in [6.07, 6.45) is 4.35. The van der Waals surface area contributed by atoms with Crippen molar-refractivity contribution in [3.63, 3.8) is 0 Å². The van der Waals surface area contributed by atoms with Gasteiger partial charge in [-0.15, -0.1) is 0 Å². The van der Waals surface area contributed by atoms with Gasteiger partial charge in [-0.1, -0.05) is 20.8 Å². The van der Waals surface area contributed by atoms with E-state index in [0.29, 0.717) is 17.9 Å². The predicted molar refractivity (Wildman–Crippen MR) is 38.0 cm³/mol. The highest BCUT2D eigenvalue weighted by Gasteiger charge is 2.22. The molecule has 0 aliphatic carbocycles. The Bertz CT molecular complexity index is 116. The van der Waals surface area contributed by atoms with E-state index in [2.05, 4.69) is 26.8 Å². The first-order valence-corrected chi connectivity index (χ1v) is 3.54. The molecule has 1 aliphatic heterocycles. The standard InChI is InChI=1S/C8H14O/c1-6(2)8-7(3)4-5-9-8/h4-8H,1-3H3/t7-,8-/m1/s1. The van der Waals surface area contributed by atoms with Crippen molar-refractivity contribution >= 4 is 0 Å². The van der Waals surface area contributed by atoms with Crippen molar-refractivity contribution in [2.24, 2.45) is 11.8 Å². The molecular formula is C8H14O. The fourth-order valence-electron chi connectivity index (χ4n) is 1.26. The van der Waals surface area contributed by atoms with Crippen LogP contribution in [0, 0.1) is 11.8 Å². The van der Waals surface area contributed by atoms with E-state index >= 15 is 0 Å². The summed E-state index contributed by atoms with van der Waals surface area (Å²) in [7, 11) is 0. The van der Waals surface area contributed by atoms with Crippen LogP contribution in [-0.4, -0.2) is 6.10 Å². The molecule has 1 nitrogen and oxygen atoms in total. The molecule has 0 aromatic heterocycles. The lowest BCUT2D eigenvalue weighted by atomic mass is 9.96. The van der Waals surface area contributed by atoms with Gasteiger partial charge in [-0.3, -0.25) is 0 Å². The van der Waals surface area contributed by atoms with Crippen LogP contribution in [0.15, 0.2) is 12.3 Å². The van der Waals surface area contributed by atoms with Crippen molar-refractivity contribution in [2.45, 2.75) is 26.9 Å². The smallest absolute Gasteiger partial charge is 0.106 e. The van der Waals surface area contributed by atoms with Crippen molar-refractivity contribution in [2.75, 3.05) is 0 Å². The summed E-state index contributed by atoms with van der Waals surface area (Å²) in [6, 6.07) is 0. The zero-order valence-corrected chi connectivity index (χ0v) is 6.29. The SMILES string of the molecule is CC(C)[C@H]1OC=C[C@H]1C. The van der Waals surface area contributed by atoms with E-state index in [1.807, 2.05) is 6.26 Å². The topological polar surface area (TPSA) is 9.23 Å². The Morgan fingerprint density at radius 3 is 2.33 bits per heavy atom. The quantitative estimate of drug-likeness (QED) is 0.523. The Morgan fingerprint density at radius 2 is 2.11 bits per heavy atom. The molecular weight excluding hydrogens is 112 g/mol. The van der Waals surface area contributed by atoms with Gasteiger partial charge < -0.3 is 4.74 Å². The zero-order chi connectivity index (χ0) is 6.85. The number of rotatable bonds is 1. The van der Waals surface area contributed by atoms with E-state index in [1.54, 1.807) is 0 Å². The Morgan fingerprint density at radius 1 is 1.44 bits per heavy atom. The van der Waals surface area contributed by atoms with Gasteiger partial charge in [0.2, 0.25) is 0 Å². The Labute approximate surface area is 56.7 Å². The molecule has 0 saturated heterocycles. The van der Waals surface area contributed by atoms with Gasteiger partial charge in [-0.05, 0) is 12.0 Å². The molecule has 0 fully saturated rings. The number of hydrogen-bond acceptors (Lipinski definition) is 1. The number of hydrogen-bond donors (Lipinski definition) is 0. The summed E-state index contributed by atoms with van der Waals surface area (Å²) in [5, 5.41) is 0. The molecule has 0 radical (unpaired) electrons. The normalized spacial score (nSPS) is 33.3. The van der Waals surface area contributed by atoms with Gasteiger partial charge in [0.05, 0.1) is 6.26 Å². The summed E-state index contributed by atoms with van der Waals surface area (Å²) in [5.41, 5.74) is 0. The fraction of sp³-hybridized carbons (Fsp3) is 0.750. The largest absolute Gasteiger partial charge is 0.497 e.